The van der Waals surface area contributed by atoms with Crippen LogP contribution in [-0.2, 0) is 13.0 Å². The molecule has 0 aliphatic carbocycles. The number of aromatic nitrogens is 2. The molecule has 0 unspecified atom stereocenters. The van der Waals surface area contributed by atoms with E-state index in [1.807, 2.05) is 30.3 Å². The highest BCUT2D eigenvalue weighted by molar-refractivity contribution is 5.93. The Labute approximate surface area is 159 Å². The third-order valence-electron chi connectivity index (χ3n) is 4.38. The zero-order valence-electron chi connectivity index (χ0n) is 15.5. The maximum atomic E-state index is 12.2. The summed E-state index contributed by atoms with van der Waals surface area (Å²) < 4.78 is 0. The molecular weight excluding hydrogens is 336 g/mol. The van der Waals surface area contributed by atoms with Gasteiger partial charge in [-0.2, -0.15) is 0 Å². The van der Waals surface area contributed by atoms with Crippen molar-refractivity contribution in [1.82, 2.24) is 15.3 Å². The van der Waals surface area contributed by atoms with E-state index >= 15 is 0 Å². The van der Waals surface area contributed by atoms with Crippen LogP contribution in [0.1, 0.15) is 33.5 Å². The van der Waals surface area contributed by atoms with Crippen molar-refractivity contribution < 1.29 is 4.79 Å². The second kappa shape index (κ2) is 9.48. The van der Waals surface area contributed by atoms with Gasteiger partial charge >= 0.3 is 0 Å². The fraction of sp³-hybridized carbons (Fsp3) is 0.227. The smallest absolute Gasteiger partial charge is 0.254 e. The minimum Gasteiger partial charge on any atom is -0.352 e. The van der Waals surface area contributed by atoms with Gasteiger partial charge in [-0.05, 0) is 36.5 Å². The van der Waals surface area contributed by atoms with E-state index in [1.54, 1.807) is 12.4 Å². The van der Waals surface area contributed by atoms with Crippen molar-refractivity contribution in [3.63, 3.8) is 0 Å². The summed E-state index contributed by atoms with van der Waals surface area (Å²) >= 11 is 0. The molecule has 0 bridgehead atoms. The number of hydrogen-bond donors (Lipinski definition) is 2. The zero-order chi connectivity index (χ0) is 18.9. The van der Waals surface area contributed by atoms with Crippen LogP contribution in [0.5, 0.6) is 0 Å². The molecule has 0 aliphatic rings. The third kappa shape index (κ3) is 5.64. The predicted octanol–water partition coefficient (Wildman–Crippen LogP) is 3.76. The van der Waals surface area contributed by atoms with Crippen molar-refractivity contribution in [2.45, 2.75) is 26.3 Å². The van der Waals surface area contributed by atoms with E-state index in [1.165, 1.54) is 16.7 Å². The molecule has 5 heteroatoms. The van der Waals surface area contributed by atoms with Gasteiger partial charge in [0.15, 0.2) is 0 Å². The Balaban J connectivity index is 1.43. The van der Waals surface area contributed by atoms with E-state index in [0.29, 0.717) is 24.6 Å². The minimum atomic E-state index is -0.145. The van der Waals surface area contributed by atoms with Gasteiger partial charge in [0.1, 0.15) is 0 Å². The van der Waals surface area contributed by atoms with Gasteiger partial charge in [-0.1, -0.05) is 54.6 Å². The van der Waals surface area contributed by atoms with E-state index < -0.39 is 0 Å². The molecule has 1 heterocycles. The molecule has 0 saturated carbocycles. The molecule has 0 atom stereocenters. The van der Waals surface area contributed by atoms with Crippen LogP contribution in [0.15, 0.2) is 67.0 Å². The maximum Gasteiger partial charge on any atom is 0.254 e. The normalized spacial score (nSPS) is 10.4. The van der Waals surface area contributed by atoms with Crippen LogP contribution in [0, 0.1) is 6.92 Å². The first-order valence-corrected chi connectivity index (χ1v) is 9.15. The van der Waals surface area contributed by atoms with Crippen LogP contribution < -0.4 is 10.6 Å². The van der Waals surface area contributed by atoms with Gasteiger partial charge in [-0.3, -0.25) is 4.79 Å². The van der Waals surface area contributed by atoms with Gasteiger partial charge in [-0.25, -0.2) is 9.97 Å². The van der Waals surface area contributed by atoms with Crippen molar-refractivity contribution >= 4 is 11.9 Å². The lowest BCUT2D eigenvalue weighted by Crippen LogP contribution is -2.25. The summed E-state index contributed by atoms with van der Waals surface area (Å²) in [5.74, 6) is 0.368. The molecule has 0 aliphatic heterocycles. The largest absolute Gasteiger partial charge is 0.352 e. The number of anilines is 1. The summed E-state index contributed by atoms with van der Waals surface area (Å²) in [6.45, 7) is 3.35. The van der Waals surface area contributed by atoms with Crippen LogP contribution in [0.4, 0.5) is 5.95 Å². The van der Waals surface area contributed by atoms with Crippen LogP contribution in [-0.4, -0.2) is 22.4 Å². The van der Waals surface area contributed by atoms with Gasteiger partial charge in [0.25, 0.3) is 5.91 Å². The Morgan fingerprint density at radius 3 is 2.41 bits per heavy atom. The average Bonchev–Trinajstić information content (AvgIpc) is 2.72. The van der Waals surface area contributed by atoms with E-state index in [2.05, 4.69) is 51.8 Å². The van der Waals surface area contributed by atoms with Crippen LogP contribution in [0.3, 0.4) is 0 Å². The van der Waals surface area contributed by atoms with Crippen molar-refractivity contribution in [2.75, 3.05) is 11.9 Å². The van der Waals surface area contributed by atoms with Gasteiger partial charge in [0, 0.05) is 25.5 Å². The topological polar surface area (TPSA) is 66.9 Å². The highest BCUT2D eigenvalue weighted by atomic mass is 16.1. The number of rotatable bonds is 8. The van der Waals surface area contributed by atoms with Crippen molar-refractivity contribution in [2.24, 2.45) is 0 Å². The second-order valence-electron chi connectivity index (χ2n) is 6.42. The number of nitrogens with one attached hydrogen (secondary N) is 2. The van der Waals surface area contributed by atoms with Crippen molar-refractivity contribution in [1.29, 1.82) is 0 Å². The Morgan fingerprint density at radius 1 is 0.963 bits per heavy atom. The summed E-state index contributed by atoms with van der Waals surface area (Å²) in [5, 5.41) is 6.10. The standard InChI is InChI=1S/C22H24N4O/c1-17-8-5-6-12-19(17)14-24-22-25-15-20(16-26-22)21(27)23-13-7-11-18-9-3-2-4-10-18/h2-6,8-10,12,15-16H,7,11,13-14H2,1H3,(H,23,27)(H,24,25,26). The maximum absolute atomic E-state index is 12.2. The summed E-state index contributed by atoms with van der Waals surface area (Å²) in [4.78, 5) is 20.7. The summed E-state index contributed by atoms with van der Waals surface area (Å²) in [6, 6.07) is 18.4. The van der Waals surface area contributed by atoms with E-state index in [-0.39, 0.29) is 5.91 Å². The number of aryl methyl sites for hydroxylation is 2. The molecule has 2 N–H and O–H groups in total. The predicted molar refractivity (Wildman–Crippen MR) is 108 cm³/mol. The molecule has 2 aromatic carbocycles. The van der Waals surface area contributed by atoms with E-state index in [0.717, 1.165) is 12.8 Å². The first kappa shape index (κ1) is 18.6. The third-order valence-corrected chi connectivity index (χ3v) is 4.38. The molecule has 3 aromatic rings. The highest BCUT2D eigenvalue weighted by Gasteiger charge is 2.07. The summed E-state index contributed by atoms with van der Waals surface area (Å²) in [7, 11) is 0. The Kier molecular flexibility index (Phi) is 6.52. The minimum absolute atomic E-state index is 0.145. The Bertz CT molecular complexity index is 863. The fourth-order valence-corrected chi connectivity index (χ4v) is 2.76. The van der Waals surface area contributed by atoms with Crippen molar-refractivity contribution in [3.05, 3.63) is 89.2 Å². The monoisotopic (exact) mass is 360 g/mol. The van der Waals surface area contributed by atoms with Crippen molar-refractivity contribution in [3.8, 4) is 0 Å². The van der Waals surface area contributed by atoms with Crippen LogP contribution in [0.25, 0.3) is 0 Å². The molecule has 0 fully saturated rings. The Morgan fingerprint density at radius 2 is 1.67 bits per heavy atom. The van der Waals surface area contributed by atoms with Gasteiger partial charge in [-0.15, -0.1) is 0 Å². The van der Waals surface area contributed by atoms with Crippen LogP contribution >= 0.6 is 0 Å². The number of carbonyl (C=O) groups is 1. The molecule has 0 radical (unpaired) electrons. The SMILES string of the molecule is Cc1ccccc1CNc1ncc(C(=O)NCCCc2ccccc2)cn1. The first-order chi connectivity index (χ1) is 13.2. The average molecular weight is 360 g/mol. The zero-order valence-corrected chi connectivity index (χ0v) is 15.5. The van der Waals surface area contributed by atoms with E-state index in [4.69, 9.17) is 0 Å². The number of carbonyl (C=O) groups excluding carboxylic acids is 1. The van der Waals surface area contributed by atoms with E-state index in [9.17, 15) is 4.79 Å². The summed E-state index contributed by atoms with van der Waals surface area (Å²) in [6.07, 6.45) is 4.95. The van der Waals surface area contributed by atoms with Gasteiger partial charge < -0.3 is 10.6 Å². The number of hydrogen-bond acceptors (Lipinski definition) is 4. The first-order valence-electron chi connectivity index (χ1n) is 9.15. The molecule has 5 nitrogen and oxygen atoms in total. The fourth-order valence-electron chi connectivity index (χ4n) is 2.76. The van der Waals surface area contributed by atoms with Gasteiger partial charge in [0.05, 0.1) is 5.56 Å². The molecule has 1 amide bonds. The quantitative estimate of drug-likeness (QED) is 0.600. The molecule has 138 valence electrons. The van der Waals surface area contributed by atoms with Gasteiger partial charge in [0.2, 0.25) is 5.95 Å². The Hall–Kier alpha value is -3.21. The number of amides is 1. The molecular formula is C22H24N4O. The number of nitrogens with zero attached hydrogens (tertiary/aromatic N) is 2. The number of benzene rings is 2. The molecule has 1 aromatic heterocycles. The molecule has 0 spiro atoms. The lowest BCUT2D eigenvalue weighted by Gasteiger charge is -2.08. The lowest BCUT2D eigenvalue weighted by atomic mass is 10.1. The summed E-state index contributed by atoms with van der Waals surface area (Å²) in [5.41, 5.74) is 4.16. The molecule has 3 rings (SSSR count). The van der Waals surface area contributed by atoms with Crippen LogP contribution in [0.2, 0.25) is 0 Å². The molecule has 27 heavy (non-hydrogen) atoms. The lowest BCUT2D eigenvalue weighted by molar-refractivity contribution is 0.0952. The second-order valence-corrected chi connectivity index (χ2v) is 6.42. The molecule has 0 saturated heterocycles. The highest BCUT2D eigenvalue weighted by Crippen LogP contribution is 2.09.